The number of nitro groups is 1. The Morgan fingerprint density at radius 1 is 1.22 bits per heavy atom. The molecule has 7 nitrogen and oxygen atoms in total. The van der Waals surface area contributed by atoms with Gasteiger partial charge < -0.3 is 15.4 Å². The van der Waals surface area contributed by atoms with Crippen LogP contribution >= 0.6 is 0 Å². The summed E-state index contributed by atoms with van der Waals surface area (Å²) in [6.45, 7) is 4.00. The predicted molar refractivity (Wildman–Crippen MR) is 106 cm³/mol. The van der Waals surface area contributed by atoms with Gasteiger partial charge >= 0.3 is 5.97 Å². The number of benzene rings is 2. The molecule has 0 aliphatic rings. The van der Waals surface area contributed by atoms with Gasteiger partial charge in [-0.1, -0.05) is 44.2 Å². The van der Waals surface area contributed by atoms with Crippen LogP contribution in [0.4, 0.5) is 5.69 Å². The first-order valence-electron chi connectivity index (χ1n) is 8.68. The summed E-state index contributed by atoms with van der Waals surface area (Å²) in [7, 11) is 1.77. The maximum Gasteiger partial charge on any atom is 0.320 e. The van der Waals surface area contributed by atoms with Crippen LogP contribution in [0.15, 0.2) is 48.7 Å². The van der Waals surface area contributed by atoms with E-state index in [4.69, 9.17) is 10.8 Å². The van der Waals surface area contributed by atoms with Crippen molar-refractivity contribution in [2.45, 2.75) is 26.3 Å². The Hall–Kier alpha value is -3.19. The summed E-state index contributed by atoms with van der Waals surface area (Å²) in [5, 5.41) is 21.1. The van der Waals surface area contributed by atoms with Crippen LogP contribution in [0.1, 0.15) is 19.4 Å². The summed E-state index contributed by atoms with van der Waals surface area (Å²) >= 11 is 0. The van der Waals surface area contributed by atoms with Gasteiger partial charge in [0.05, 0.1) is 15.8 Å². The number of aliphatic carboxylic acids is 1. The van der Waals surface area contributed by atoms with Crippen LogP contribution in [-0.2, 0) is 18.3 Å². The summed E-state index contributed by atoms with van der Waals surface area (Å²) in [5.74, 6) is -1.14. The van der Waals surface area contributed by atoms with E-state index in [9.17, 15) is 14.9 Å². The van der Waals surface area contributed by atoms with Crippen LogP contribution in [0.3, 0.4) is 0 Å². The first-order chi connectivity index (χ1) is 12.9. The van der Waals surface area contributed by atoms with Crippen LogP contribution in [0, 0.1) is 10.1 Å². The van der Waals surface area contributed by atoms with E-state index in [1.54, 1.807) is 17.8 Å². The standard InChI is InChI=1S/C18H17N3O4.C2H6/c1-20-10-13(7-14(19)18(22)23)17-15(20)8-12(9-16(17)21(24)25)11-5-3-2-4-6-11;1-2/h2-6,8-10,14H,7,19H2,1H3,(H,22,23);1-2H3. The second kappa shape index (κ2) is 8.46. The Balaban J connectivity index is 0.00000126. The molecule has 1 heterocycles. The number of aromatic nitrogens is 1. The first-order valence-corrected chi connectivity index (χ1v) is 8.68. The second-order valence-electron chi connectivity index (χ2n) is 5.93. The van der Waals surface area contributed by atoms with Crippen molar-refractivity contribution in [3.05, 3.63) is 64.3 Å². The highest BCUT2D eigenvalue weighted by Crippen LogP contribution is 2.35. The summed E-state index contributed by atoms with van der Waals surface area (Å²) in [4.78, 5) is 22.2. The minimum absolute atomic E-state index is 0.0260. The van der Waals surface area contributed by atoms with Crippen LogP contribution in [-0.4, -0.2) is 26.6 Å². The Kier molecular flexibility index (Phi) is 6.31. The van der Waals surface area contributed by atoms with Gasteiger partial charge in [-0.2, -0.15) is 0 Å². The maximum absolute atomic E-state index is 11.6. The molecular formula is C20H23N3O4. The minimum Gasteiger partial charge on any atom is -0.480 e. The Bertz CT molecular complexity index is 964. The SMILES string of the molecule is CC.Cn1cc(CC(N)C(=O)O)c2c([N+](=O)[O-])cc(-c3ccccc3)cc21. The molecule has 142 valence electrons. The molecule has 7 heteroatoms. The quantitative estimate of drug-likeness (QED) is 0.526. The molecule has 0 aliphatic carbocycles. The third-order valence-electron chi connectivity index (χ3n) is 4.21. The molecule has 0 spiro atoms. The van der Waals surface area contributed by atoms with E-state index in [0.717, 1.165) is 11.1 Å². The fraction of sp³-hybridized carbons (Fsp3) is 0.250. The number of hydrogen-bond donors (Lipinski definition) is 2. The first kappa shape index (κ1) is 20.1. The van der Waals surface area contributed by atoms with E-state index >= 15 is 0 Å². The molecule has 1 unspecified atom stereocenters. The van der Waals surface area contributed by atoms with E-state index in [2.05, 4.69) is 0 Å². The van der Waals surface area contributed by atoms with Gasteiger partial charge in [0, 0.05) is 25.7 Å². The normalized spacial score (nSPS) is 11.6. The monoisotopic (exact) mass is 369 g/mol. The average Bonchev–Trinajstić information content (AvgIpc) is 2.98. The van der Waals surface area contributed by atoms with Gasteiger partial charge in [0.15, 0.2) is 0 Å². The highest BCUT2D eigenvalue weighted by atomic mass is 16.6. The molecule has 0 saturated carbocycles. The molecular weight excluding hydrogens is 346 g/mol. The van der Waals surface area contributed by atoms with Gasteiger partial charge in [0.25, 0.3) is 5.69 Å². The summed E-state index contributed by atoms with van der Waals surface area (Å²) in [6.07, 6.45) is 1.73. The number of carboxylic acid groups (broad SMARTS) is 1. The number of nitrogens with two attached hydrogens (primary N) is 1. The highest BCUT2D eigenvalue weighted by Gasteiger charge is 2.23. The molecule has 3 aromatic rings. The van der Waals surface area contributed by atoms with Gasteiger partial charge in [-0.15, -0.1) is 0 Å². The van der Waals surface area contributed by atoms with Crippen molar-refractivity contribution in [2.75, 3.05) is 0 Å². The molecule has 0 aliphatic heterocycles. The zero-order valence-electron chi connectivity index (χ0n) is 15.5. The Morgan fingerprint density at radius 2 is 1.85 bits per heavy atom. The van der Waals surface area contributed by atoms with Gasteiger partial charge in [0.2, 0.25) is 0 Å². The number of nitro benzene ring substituents is 1. The van der Waals surface area contributed by atoms with Crippen molar-refractivity contribution in [2.24, 2.45) is 12.8 Å². The molecule has 3 rings (SSSR count). The molecule has 0 fully saturated rings. The van der Waals surface area contributed by atoms with Gasteiger partial charge in [0.1, 0.15) is 6.04 Å². The summed E-state index contributed by atoms with van der Waals surface area (Å²) in [6, 6.07) is 11.7. The Labute approximate surface area is 157 Å². The lowest BCUT2D eigenvalue weighted by atomic mass is 9.99. The third-order valence-corrected chi connectivity index (χ3v) is 4.21. The van der Waals surface area contributed by atoms with Crippen molar-refractivity contribution in [3.8, 4) is 11.1 Å². The summed E-state index contributed by atoms with van der Waals surface area (Å²) < 4.78 is 1.76. The lowest BCUT2D eigenvalue weighted by Gasteiger charge is -2.07. The number of carboxylic acids is 1. The predicted octanol–water partition coefficient (Wildman–Crippen LogP) is 3.73. The summed E-state index contributed by atoms with van der Waals surface area (Å²) in [5.41, 5.74) is 8.39. The molecule has 1 aromatic heterocycles. The van der Waals surface area contributed by atoms with Gasteiger partial charge in [-0.3, -0.25) is 14.9 Å². The second-order valence-corrected chi connectivity index (χ2v) is 5.93. The molecule has 0 bridgehead atoms. The van der Waals surface area contributed by atoms with Crippen LogP contribution < -0.4 is 5.73 Å². The average molecular weight is 369 g/mol. The number of aryl methyl sites for hydroxylation is 1. The van der Waals surface area contributed by atoms with E-state index < -0.39 is 16.9 Å². The zero-order chi connectivity index (χ0) is 20.1. The van der Waals surface area contributed by atoms with Crippen molar-refractivity contribution < 1.29 is 14.8 Å². The highest BCUT2D eigenvalue weighted by molar-refractivity contribution is 5.96. The van der Waals surface area contributed by atoms with E-state index in [-0.39, 0.29) is 12.1 Å². The number of non-ortho nitro benzene ring substituents is 1. The fourth-order valence-electron chi connectivity index (χ4n) is 3.01. The number of rotatable bonds is 5. The van der Waals surface area contributed by atoms with Crippen LogP contribution in [0.2, 0.25) is 0 Å². The largest absolute Gasteiger partial charge is 0.480 e. The lowest BCUT2D eigenvalue weighted by molar-refractivity contribution is -0.383. The van der Waals surface area contributed by atoms with E-state index in [1.165, 1.54) is 6.07 Å². The van der Waals surface area contributed by atoms with Crippen molar-refractivity contribution in [3.63, 3.8) is 0 Å². The molecule has 3 N–H and O–H groups in total. The molecule has 0 radical (unpaired) electrons. The van der Waals surface area contributed by atoms with Crippen molar-refractivity contribution in [1.82, 2.24) is 4.57 Å². The number of carbonyl (C=O) groups is 1. The van der Waals surface area contributed by atoms with Crippen molar-refractivity contribution >= 4 is 22.6 Å². The minimum atomic E-state index is -1.14. The van der Waals surface area contributed by atoms with Gasteiger partial charge in [-0.25, -0.2) is 0 Å². The van der Waals surface area contributed by atoms with Crippen molar-refractivity contribution in [1.29, 1.82) is 0 Å². The third kappa shape index (κ3) is 4.15. The zero-order valence-corrected chi connectivity index (χ0v) is 15.5. The smallest absolute Gasteiger partial charge is 0.320 e. The van der Waals surface area contributed by atoms with E-state index in [0.29, 0.717) is 16.5 Å². The molecule has 0 saturated heterocycles. The van der Waals surface area contributed by atoms with Gasteiger partial charge in [-0.05, 0) is 22.8 Å². The number of hydrogen-bond acceptors (Lipinski definition) is 4. The maximum atomic E-state index is 11.6. The molecule has 0 amide bonds. The Morgan fingerprint density at radius 3 is 2.41 bits per heavy atom. The topological polar surface area (TPSA) is 111 Å². The van der Waals surface area contributed by atoms with Crippen LogP contribution in [0.5, 0.6) is 0 Å². The molecule has 2 aromatic carbocycles. The number of nitrogens with zero attached hydrogens (tertiary/aromatic N) is 2. The lowest BCUT2D eigenvalue weighted by Crippen LogP contribution is -2.32. The fourth-order valence-corrected chi connectivity index (χ4v) is 3.01. The molecule has 27 heavy (non-hydrogen) atoms. The van der Waals surface area contributed by atoms with Crippen LogP contribution in [0.25, 0.3) is 22.0 Å². The molecule has 1 atom stereocenters. The number of fused-ring (bicyclic) bond motifs is 1. The van der Waals surface area contributed by atoms with E-state index in [1.807, 2.05) is 50.2 Å².